The summed E-state index contributed by atoms with van der Waals surface area (Å²) < 4.78 is 0. The molecule has 0 aliphatic carbocycles. The summed E-state index contributed by atoms with van der Waals surface area (Å²) >= 11 is 3.44. The highest BCUT2D eigenvalue weighted by Crippen LogP contribution is 2.37. The summed E-state index contributed by atoms with van der Waals surface area (Å²) in [5.74, 6) is 0. The average molecular weight is 453 g/mol. The van der Waals surface area contributed by atoms with Gasteiger partial charge in [0.25, 0.3) is 0 Å². The summed E-state index contributed by atoms with van der Waals surface area (Å²) in [5.41, 5.74) is 9.62. The predicted molar refractivity (Wildman–Crippen MR) is 142 cm³/mol. The second kappa shape index (κ2) is 9.03. The van der Waals surface area contributed by atoms with Crippen LogP contribution in [0.2, 0.25) is 0 Å². The first-order valence-electron chi connectivity index (χ1n) is 10.5. The van der Waals surface area contributed by atoms with Gasteiger partial charge in [0.05, 0.1) is 11.4 Å². The third-order valence-corrected chi connectivity index (χ3v) is 7.01. The van der Waals surface area contributed by atoms with Gasteiger partial charge in [-0.3, -0.25) is 0 Å². The van der Waals surface area contributed by atoms with Crippen LogP contribution < -0.4 is 9.80 Å². The van der Waals surface area contributed by atoms with Gasteiger partial charge < -0.3 is 9.80 Å². The summed E-state index contributed by atoms with van der Waals surface area (Å²) in [6, 6.07) is 30.6. The number of hydrogen-bond acceptors (Lipinski definition) is 4. The molecule has 0 bridgehead atoms. The van der Waals surface area contributed by atoms with Crippen molar-refractivity contribution in [1.29, 1.82) is 0 Å². The third kappa shape index (κ3) is 4.20. The molecule has 0 aliphatic rings. The first kappa shape index (κ1) is 20.6. The van der Waals surface area contributed by atoms with E-state index in [1.807, 2.05) is 0 Å². The molecule has 5 aromatic rings. The van der Waals surface area contributed by atoms with Gasteiger partial charge in [0.1, 0.15) is 0 Å². The number of thiophene rings is 2. The van der Waals surface area contributed by atoms with Gasteiger partial charge >= 0.3 is 0 Å². The summed E-state index contributed by atoms with van der Waals surface area (Å²) in [7, 11) is 2.11. The fourth-order valence-corrected chi connectivity index (χ4v) is 5.10. The zero-order valence-corrected chi connectivity index (χ0v) is 19.7. The average Bonchev–Trinajstić information content (AvgIpc) is 3.56. The van der Waals surface area contributed by atoms with E-state index in [0.29, 0.717) is 0 Å². The van der Waals surface area contributed by atoms with Crippen LogP contribution in [-0.4, -0.2) is 7.05 Å². The van der Waals surface area contributed by atoms with E-state index >= 15 is 0 Å². The van der Waals surface area contributed by atoms with E-state index in [9.17, 15) is 0 Å². The standard InChI is InChI=1S/C28H24N2S2/c1-21-3-9-25(10-4-21)30(28-16-18-32-20-28)26-13-7-23(8-14-26)22-5-11-24(12-6-22)29(2)27-15-17-31-19-27/h3-20H,1-2H3. The number of aryl methyl sites for hydroxylation is 1. The van der Waals surface area contributed by atoms with Crippen LogP contribution in [0.3, 0.4) is 0 Å². The number of hydrogen-bond donors (Lipinski definition) is 0. The van der Waals surface area contributed by atoms with Crippen LogP contribution in [0.15, 0.2) is 106 Å². The Balaban J connectivity index is 1.42. The Hall–Kier alpha value is -3.34. The SMILES string of the molecule is Cc1ccc(N(c2ccc(-c3ccc(N(C)c4ccsc4)cc3)cc2)c2ccsc2)cc1. The highest BCUT2D eigenvalue weighted by Gasteiger charge is 2.13. The predicted octanol–water partition coefficient (Wildman–Crippen LogP) is 9.02. The fourth-order valence-electron chi connectivity index (χ4n) is 3.80. The Labute approximate surface area is 197 Å². The number of nitrogens with zero attached hydrogens (tertiary/aromatic N) is 2. The molecule has 0 saturated carbocycles. The summed E-state index contributed by atoms with van der Waals surface area (Å²) in [6.07, 6.45) is 0. The van der Waals surface area contributed by atoms with Crippen molar-refractivity contribution in [3.05, 3.63) is 112 Å². The van der Waals surface area contributed by atoms with Crippen molar-refractivity contribution in [3.8, 4) is 11.1 Å². The van der Waals surface area contributed by atoms with Gasteiger partial charge in [0, 0.05) is 34.9 Å². The molecule has 2 aromatic heterocycles. The molecule has 32 heavy (non-hydrogen) atoms. The Kier molecular flexibility index (Phi) is 5.80. The van der Waals surface area contributed by atoms with Gasteiger partial charge in [0.2, 0.25) is 0 Å². The molecule has 0 saturated heterocycles. The minimum atomic E-state index is 1.16. The Morgan fingerprint density at radius 2 is 0.969 bits per heavy atom. The zero-order valence-electron chi connectivity index (χ0n) is 18.1. The molecule has 0 amide bonds. The van der Waals surface area contributed by atoms with Gasteiger partial charge in [-0.25, -0.2) is 0 Å². The van der Waals surface area contributed by atoms with E-state index < -0.39 is 0 Å². The monoisotopic (exact) mass is 452 g/mol. The lowest BCUT2D eigenvalue weighted by atomic mass is 10.0. The molecule has 3 aromatic carbocycles. The summed E-state index contributed by atoms with van der Waals surface area (Å²) in [6.45, 7) is 2.12. The van der Waals surface area contributed by atoms with Gasteiger partial charge in [-0.2, -0.15) is 22.7 Å². The first-order chi connectivity index (χ1) is 15.7. The largest absolute Gasteiger partial charge is 0.344 e. The molecule has 0 spiro atoms. The van der Waals surface area contributed by atoms with E-state index in [1.165, 1.54) is 39.4 Å². The minimum Gasteiger partial charge on any atom is -0.344 e. The Bertz CT molecular complexity index is 1260. The van der Waals surface area contributed by atoms with Crippen molar-refractivity contribution < 1.29 is 0 Å². The van der Waals surface area contributed by atoms with Crippen LogP contribution in [0.1, 0.15) is 5.56 Å². The topological polar surface area (TPSA) is 6.48 Å². The summed E-state index contributed by atoms with van der Waals surface area (Å²) in [4.78, 5) is 4.52. The molecule has 2 heterocycles. The molecule has 4 heteroatoms. The molecule has 0 N–H and O–H groups in total. The van der Waals surface area contributed by atoms with E-state index in [2.05, 4.69) is 130 Å². The van der Waals surface area contributed by atoms with Gasteiger partial charge in [0.15, 0.2) is 0 Å². The molecule has 0 radical (unpaired) electrons. The molecule has 0 aliphatic heterocycles. The maximum absolute atomic E-state index is 2.30. The second-order valence-electron chi connectivity index (χ2n) is 7.79. The minimum absolute atomic E-state index is 1.16. The van der Waals surface area contributed by atoms with Crippen molar-refractivity contribution in [1.82, 2.24) is 0 Å². The smallest absolute Gasteiger partial charge is 0.0568 e. The lowest BCUT2D eigenvalue weighted by Crippen LogP contribution is -2.08. The number of rotatable bonds is 6. The number of benzene rings is 3. The maximum atomic E-state index is 2.30. The van der Waals surface area contributed by atoms with Crippen molar-refractivity contribution in [2.24, 2.45) is 0 Å². The van der Waals surface area contributed by atoms with Crippen molar-refractivity contribution >= 4 is 51.1 Å². The molecular weight excluding hydrogens is 428 g/mol. The van der Waals surface area contributed by atoms with Crippen LogP contribution in [-0.2, 0) is 0 Å². The quantitative estimate of drug-likeness (QED) is 0.253. The highest BCUT2D eigenvalue weighted by atomic mass is 32.1. The summed E-state index contributed by atoms with van der Waals surface area (Å²) in [5, 5.41) is 8.59. The van der Waals surface area contributed by atoms with Crippen molar-refractivity contribution in [2.45, 2.75) is 6.92 Å². The highest BCUT2D eigenvalue weighted by molar-refractivity contribution is 7.08. The molecule has 5 rings (SSSR count). The van der Waals surface area contributed by atoms with E-state index in [4.69, 9.17) is 0 Å². The molecule has 158 valence electrons. The normalized spacial score (nSPS) is 10.8. The fraction of sp³-hybridized carbons (Fsp3) is 0.0714. The molecular formula is C28H24N2S2. The van der Waals surface area contributed by atoms with Gasteiger partial charge in [-0.05, 0) is 77.3 Å². The Morgan fingerprint density at radius 1 is 0.500 bits per heavy atom. The van der Waals surface area contributed by atoms with Crippen LogP contribution in [0.4, 0.5) is 28.4 Å². The van der Waals surface area contributed by atoms with Crippen LogP contribution in [0.5, 0.6) is 0 Å². The first-order valence-corrected chi connectivity index (χ1v) is 12.4. The van der Waals surface area contributed by atoms with E-state index in [-0.39, 0.29) is 0 Å². The van der Waals surface area contributed by atoms with Crippen LogP contribution in [0.25, 0.3) is 11.1 Å². The molecule has 0 unspecified atom stereocenters. The zero-order chi connectivity index (χ0) is 21.9. The van der Waals surface area contributed by atoms with Gasteiger partial charge in [-0.15, -0.1) is 0 Å². The lowest BCUT2D eigenvalue weighted by Gasteiger charge is -2.24. The van der Waals surface area contributed by atoms with Gasteiger partial charge in [-0.1, -0.05) is 42.0 Å². The maximum Gasteiger partial charge on any atom is 0.0568 e. The number of anilines is 5. The van der Waals surface area contributed by atoms with E-state index in [1.54, 1.807) is 22.7 Å². The van der Waals surface area contributed by atoms with E-state index in [0.717, 1.165) is 5.69 Å². The third-order valence-electron chi connectivity index (χ3n) is 5.66. The van der Waals surface area contributed by atoms with Crippen molar-refractivity contribution in [2.75, 3.05) is 16.8 Å². The molecule has 0 atom stereocenters. The van der Waals surface area contributed by atoms with Crippen LogP contribution >= 0.6 is 22.7 Å². The lowest BCUT2D eigenvalue weighted by molar-refractivity contribution is 1.22. The van der Waals surface area contributed by atoms with Crippen LogP contribution in [0, 0.1) is 6.92 Å². The van der Waals surface area contributed by atoms with Crippen molar-refractivity contribution in [3.63, 3.8) is 0 Å². The Morgan fingerprint density at radius 3 is 1.47 bits per heavy atom. The molecule has 0 fully saturated rings. The second-order valence-corrected chi connectivity index (χ2v) is 9.35. The molecule has 2 nitrogen and oxygen atoms in total.